The first-order valence-corrected chi connectivity index (χ1v) is 11.6. The van der Waals surface area contributed by atoms with Gasteiger partial charge in [-0.05, 0) is 47.9 Å². The van der Waals surface area contributed by atoms with Crippen molar-refractivity contribution in [2.45, 2.75) is 38.1 Å². The molecule has 6 nitrogen and oxygen atoms in total. The molecule has 0 spiro atoms. The van der Waals surface area contributed by atoms with Crippen molar-refractivity contribution < 1.29 is 14.3 Å². The van der Waals surface area contributed by atoms with Crippen molar-refractivity contribution in [3.63, 3.8) is 0 Å². The summed E-state index contributed by atoms with van der Waals surface area (Å²) >= 11 is 1.70. The molecule has 2 aromatic rings. The molecule has 2 aliphatic rings. The lowest BCUT2D eigenvalue weighted by Gasteiger charge is -2.26. The van der Waals surface area contributed by atoms with Gasteiger partial charge in [0, 0.05) is 23.7 Å². The van der Waals surface area contributed by atoms with Crippen LogP contribution in [0.2, 0.25) is 0 Å². The number of benzene rings is 1. The van der Waals surface area contributed by atoms with Gasteiger partial charge in [-0.25, -0.2) is 4.79 Å². The highest BCUT2D eigenvalue weighted by molar-refractivity contribution is 7.10. The monoisotopic (exact) mass is 427 g/mol. The van der Waals surface area contributed by atoms with Gasteiger partial charge in [0.25, 0.3) is 0 Å². The summed E-state index contributed by atoms with van der Waals surface area (Å²) in [5.41, 5.74) is 1.67. The fourth-order valence-electron chi connectivity index (χ4n) is 4.29. The van der Waals surface area contributed by atoms with Gasteiger partial charge in [0.1, 0.15) is 0 Å². The molecular weight excluding hydrogens is 398 g/mol. The summed E-state index contributed by atoms with van der Waals surface area (Å²) in [6.45, 7) is 2.53. The highest BCUT2D eigenvalue weighted by atomic mass is 32.1. The maximum Gasteiger partial charge on any atom is 0.319 e. The van der Waals surface area contributed by atoms with Crippen LogP contribution < -0.4 is 10.6 Å². The minimum absolute atomic E-state index is 0.0675. The molecule has 7 heteroatoms. The van der Waals surface area contributed by atoms with Gasteiger partial charge in [-0.3, -0.25) is 4.79 Å². The maximum absolute atomic E-state index is 12.7. The van der Waals surface area contributed by atoms with Crippen LogP contribution in [0.1, 0.15) is 42.2 Å². The molecule has 0 bridgehead atoms. The first kappa shape index (κ1) is 20.9. The van der Waals surface area contributed by atoms with E-state index in [-0.39, 0.29) is 18.0 Å². The van der Waals surface area contributed by atoms with Crippen molar-refractivity contribution in [1.29, 1.82) is 0 Å². The second-order valence-electron chi connectivity index (χ2n) is 8.00. The summed E-state index contributed by atoms with van der Waals surface area (Å²) in [5.74, 6) is 0.620. The predicted octanol–water partition coefficient (Wildman–Crippen LogP) is 4.20. The number of nitrogens with zero attached hydrogens (tertiary/aromatic N) is 1. The predicted molar refractivity (Wildman–Crippen MR) is 119 cm³/mol. The molecule has 3 amide bonds. The lowest BCUT2D eigenvalue weighted by molar-refractivity contribution is -0.134. The summed E-state index contributed by atoms with van der Waals surface area (Å²) in [5, 5.41) is 8.20. The van der Waals surface area contributed by atoms with E-state index in [1.165, 1.54) is 17.7 Å². The van der Waals surface area contributed by atoms with Crippen molar-refractivity contribution in [1.82, 2.24) is 10.2 Å². The highest BCUT2D eigenvalue weighted by Gasteiger charge is 2.28. The lowest BCUT2D eigenvalue weighted by atomic mass is 9.97. The van der Waals surface area contributed by atoms with Crippen LogP contribution in [0.15, 0.2) is 41.8 Å². The van der Waals surface area contributed by atoms with Gasteiger partial charge >= 0.3 is 6.03 Å². The number of ether oxygens (including phenoxy) is 1. The number of thiophene rings is 1. The fraction of sp³-hybridized carbons (Fsp3) is 0.478. The summed E-state index contributed by atoms with van der Waals surface area (Å²) < 4.78 is 5.30. The van der Waals surface area contributed by atoms with E-state index >= 15 is 0 Å². The maximum atomic E-state index is 12.7. The molecule has 1 aromatic carbocycles. The molecule has 2 N–H and O–H groups in total. The van der Waals surface area contributed by atoms with Crippen LogP contribution in [-0.4, -0.2) is 43.1 Å². The average Bonchev–Trinajstić information content (AvgIpc) is 3.49. The molecule has 1 atom stereocenters. The van der Waals surface area contributed by atoms with Gasteiger partial charge in [-0.1, -0.05) is 31.0 Å². The molecular formula is C23H29N3O3S. The lowest BCUT2D eigenvalue weighted by Crippen LogP contribution is -2.41. The van der Waals surface area contributed by atoms with E-state index in [4.69, 9.17) is 4.74 Å². The molecule has 1 aliphatic heterocycles. The molecule has 0 unspecified atom stereocenters. The van der Waals surface area contributed by atoms with E-state index in [0.717, 1.165) is 24.1 Å². The van der Waals surface area contributed by atoms with Crippen LogP contribution >= 0.6 is 11.3 Å². The Morgan fingerprint density at radius 3 is 2.50 bits per heavy atom. The smallest absolute Gasteiger partial charge is 0.319 e. The molecule has 1 aromatic heterocycles. The van der Waals surface area contributed by atoms with Gasteiger partial charge in [-0.2, -0.15) is 0 Å². The second kappa shape index (κ2) is 10.1. The van der Waals surface area contributed by atoms with Crippen molar-refractivity contribution in [3.8, 4) is 0 Å². The molecule has 1 saturated carbocycles. The molecule has 0 radical (unpaired) electrons. The Morgan fingerprint density at radius 2 is 1.83 bits per heavy atom. The number of rotatable bonds is 6. The van der Waals surface area contributed by atoms with Gasteiger partial charge < -0.3 is 20.3 Å². The van der Waals surface area contributed by atoms with Crippen LogP contribution in [0.5, 0.6) is 0 Å². The van der Waals surface area contributed by atoms with Crippen LogP contribution in [0.25, 0.3) is 0 Å². The van der Waals surface area contributed by atoms with Crippen molar-refractivity contribution in [2.75, 3.05) is 31.6 Å². The first-order valence-electron chi connectivity index (χ1n) is 10.7. The molecule has 30 heavy (non-hydrogen) atoms. The molecule has 4 rings (SSSR count). The van der Waals surface area contributed by atoms with E-state index in [2.05, 4.69) is 22.1 Å². The van der Waals surface area contributed by atoms with Crippen LogP contribution in [0, 0.1) is 5.92 Å². The minimum Gasteiger partial charge on any atom is -0.378 e. The summed E-state index contributed by atoms with van der Waals surface area (Å²) in [6, 6.07) is 11.6. The summed E-state index contributed by atoms with van der Waals surface area (Å²) in [7, 11) is 0. The van der Waals surface area contributed by atoms with Crippen molar-refractivity contribution in [2.24, 2.45) is 5.92 Å². The standard InChI is InChI=1S/C23H29N3O3S/c27-21(26-11-13-29-14-12-26)16-17-7-9-19(10-8-17)24-23(28)25-22(18-4-1-2-5-18)20-6-3-15-30-20/h3,6-10,15,18,22H,1-2,4-5,11-14,16H2,(H2,24,25,28)/t22-/m0/s1. The molecule has 1 saturated heterocycles. The quantitative estimate of drug-likeness (QED) is 0.726. The number of hydrogen-bond acceptors (Lipinski definition) is 4. The van der Waals surface area contributed by atoms with E-state index in [9.17, 15) is 9.59 Å². The van der Waals surface area contributed by atoms with E-state index in [1.807, 2.05) is 35.2 Å². The third-order valence-electron chi connectivity index (χ3n) is 5.94. The first-order chi connectivity index (χ1) is 14.7. The van der Waals surface area contributed by atoms with Crippen LogP contribution in [0.4, 0.5) is 10.5 Å². The number of morpholine rings is 1. The van der Waals surface area contributed by atoms with Crippen molar-refractivity contribution in [3.05, 3.63) is 52.2 Å². The number of nitrogens with one attached hydrogen (secondary N) is 2. The largest absolute Gasteiger partial charge is 0.378 e. The molecule has 2 heterocycles. The normalized spacial score (nSPS) is 18.2. The average molecular weight is 428 g/mol. The highest BCUT2D eigenvalue weighted by Crippen LogP contribution is 2.37. The van der Waals surface area contributed by atoms with E-state index < -0.39 is 0 Å². The topological polar surface area (TPSA) is 70.7 Å². The number of urea groups is 1. The van der Waals surface area contributed by atoms with Crippen LogP contribution in [-0.2, 0) is 16.0 Å². The summed E-state index contributed by atoms with van der Waals surface area (Å²) in [4.78, 5) is 28.1. The van der Waals surface area contributed by atoms with E-state index in [0.29, 0.717) is 38.6 Å². The molecule has 2 fully saturated rings. The summed E-state index contributed by atoms with van der Waals surface area (Å²) in [6.07, 6.45) is 5.17. The Morgan fingerprint density at radius 1 is 1.10 bits per heavy atom. The Bertz CT molecular complexity index is 826. The zero-order valence-corrected chi connectivity index (χ0v) is 18.0. The van der Waals surface area contributed by atoms with Gasteiger partial charge in [0.2, 0.25) is 5.91 Å². The molecule has 160 valence electrons. The Balaban J connectivity index is 1.32. The third-order valence-corrected chi connectivity index (χ3v) is 6.89. The minimum atomic E-state index is -0.183. The van der Waals surface area contributed by atoms with Gasteiger partial charge in [0.05, 0.1) is 25.7 Å². The number of amides is 3. The number of carbonyl (C=O) groups is 2. The number of hydrogen-bond donors (Lipinski definition) is 2. The number of anilines is 1. The van der Waals surface area contributed by atoms with E-state index in [1.54, 1.807) is 11.3 Å². The van der Waals surface area contributed by atoms with Crippen molar-refractivity contribution >= 4 is 29.0 Å². The second-order valence-corrected chi connectivity index (χ2v) is 8.98. The zero-order valence-electron chi connectivity index (χ0n) is 17.1. The fourth-order valence-corrected chi connectivity index (χ4v) is 5.16. The Labute approximate surface area is 181 Å². The van der Waals surface area contributed by atoms with Gasteiger partial charge in [0.15, 0.2) is 0 Å². The van der Waals surface area contributed by atoms with Crippen LogP contribution in [0.3, 0.4) is 0 Å². The Hall–Kier alpha value is -2.38. The SMILES string of the molecule is O=C(Nc1ccc(CC(=O)N2CCOCC2)cc1)N[C@H](c1cccs1)C1CCCC1. The van der Waals surface area contributed by atoms with Gasteiger partial charge in [-0.15, -0.1) is 11.3 Å². The third kappa shape index (κ3) is 5.40. The Kier molecular flexibility index (Phi) is 7.02. The zero-order chi connectivity index (χ0) is 20.8. The molecule has 1 aliphatic carbocycles. The number of carbonyl (C=O) groups excluding carboxylic acids is 2.